The Labute approximate surface area is 123 Å². The fourth-order valence-electron chi connectivity index (χ4n) is 3.27. The van der Waals surface area contributed by atoms with Crippen molar-refractivity contribution < 1.29 is 0 Å². The molecular formula is C17H29N3. The van der Waals surface area contributed by atoms with Crippen LogP contribution in [0.25, 0.3) is 0 Å². The summed E-state index contributed by atoms with van der Waals surface area (Å²) in [6, 6.07) is 7.96. The lowest BCUT2D eigenvalue weighted by Crippen LogP contribution is -2.55. The average molecular weight is 275 g/mol. The zero-order chi connectivity index (χ0) is 14.9. The summed E-state index contributed by atoms with van der Waals surface area (Å²) in [5.74, 6) is 0. The highest BCUT2D eigenvalue weighted by Crippen LogP contribution is 2.19. The van der Waals surface area contributed by atoms with Crippen molar-refractivity contribution in [2.45, 2.75) is 45.8 Å². The molecule has 2 rings (SSSR count). The van der Waals surface area contributed by atoms with Crippen LogP contribution in [0.4, 0.5) is 0 Å². The lowest BCUT2D eigenvalue weighted by molar-refractivity contribution is 0.0566. The Morgan fingerprint density at radius 3 is 2.10 bits per heavy atom. The van der Waals surface area contributed by atoms with E-state index in [1.54, 1.807) is 0 Å². The van der Waals surface area contributed by atoms with Crippen LogP contribution in [0, 0.1) is 13.8 Å². The Bertz CT molecular complexity index is 425. The van der Waals surface area contributed by atoms with Gasteiger partial charge in [-0.1, -0.05) is 29.3 Å². The van der Waals surface area contributed by atoms with Crippen LogP contribution in [-0.4, -0.2) is 48.6 Å². The van der Waals surface area contributed by atoms with Crippen molar-refractivity contribution in [2.24, 2.45) is 5.73 Å². The van der Waals surface area contributed by atoms with Crippen molar-refractivity contribution in [3.8, 4) is 0 Å². The van der Waals surface area contributed by atoms with E-state index in [1.165, 1.54) is 16.7 Å². The Kier molecular flexibility index (Phi) is 4.84. The molecule has 0 aromatic heterocycles. The third-order valence-corrected chi connectivity index (χ3v) is 4.56. The van der Waals surface area contributed by atoms with Crippen LogP contribution in [0.1, 0.15) is 36.6 Å². The molecule has 2 N–H and O–H groups in total. The van der Waals surface area contributed by atoms with Crippen molar-refractivity contribution in [3.63, 3.8) is 0 Å². The van der Waals surface area contributed by atoms with E-state index in [0.717, 1.165) is 19.6 Å². The van der Waals surface area contributed by atoms with E-state index >= 15 is 0 Å². The minimum atomic E-state index is 0.108. The highest BCUT2D eigenvalue weighted by Gasteiger charge is 2.27. The van der Waals surface area contributed by atoms with E-state index in [-0.39, 0.29) is 6.04 Å². The topological polar surface area (TPSA) is 32.5 Å². The van der Waals surface area contributed by atoms with E-state index in [9.17, 15) is 0 Å². The first-order valence-electron chi connectivity index (χ1n) is 7.65. The lowest BCUT2D eigenvalue weighted by Gasteiger charge is -2.43. The SMILES string of the molecule is Cc1cc(C)cc(C(N)CN2CC(C)N(C)C(C)C2)c1. The molecule has 0 radical (unpaired) electrons. The molecule has 1 heterocycles. The van der Waals surface area contributed by atoms with Gasteiger partial charge in [0.25, 0.3) is 0 Å². The van der Waals surface area contributed by atoms with Gasteiger partial charge in [0, 0.05) is 37.8 Å². The highest BCUT2D eigenvalue weighted by molar-refractivity contribution is 5.30. The number of nitrogens with zero attached hydrogens (tertiary/aromatic N) is 2. The summed E-state index contributed by atoms with van der Waals surface area (Å²) >= 11 is 0. The van der Waals surface area contributed by atoms with Gasteiger partial charge in [0.05, 0.1) is 0 Å². The number of rotatable bonds is 3. The van der Waals surface area contributed by atoms with Crippen LogP contribution in [0.3, 0.4) is 0 Å². The van der Waals surface area contributed by atoms with Gasteiger partial charge in [-0.25, -0.2) is 0 Å². The molecular weight excluding hydrogens is 246 g/mol. The van der Waals surface area contributed by atoms with Gasteiger partial charge in [0.2, 0.25) is 0 Å². The molecule has 0 saturated carbocycles. The Balaban J connectivity index is 2.02. The molecule has 3 heteroatoms. The van der Waals surface area contributed by atoms with E-state index in [0.29, 0.717) is 12.1 Å². The summed E-state index contributed by atoms with van der Waals surface area (Å²) in [4.78, 5) is 4.97. The maximum Gasteiger partial charge on any atom is 0.0424 e. The summed E-state index contributed by atoms with van der Waals surface area (Å²) in [6.45, 7) is 12.0. The molecule has 20 heavy (non-hydrogen) atoms. The molecule has 0 spiro atoms. The third-order valence-electron chi connectivity index (χ3n) is 4.56. The van der Waals surface area contributed by atoms with Gasteiger partial charge in [-0.3, -0.25) is 9.80 Å². The van der Waals surface area contributed by atoms with Crippen molar-refractivity contribution in [2.75, 3.05) is 26.7 Å². The van der Waals surface area contributed by atoms with Gasteiger partial charge in [0.15, 0.2) is 0 Å². The van der Waals surface area contributed by atoms with Gasteiger partial charge >= 0.3 is 0 Å². The second kappa shape index (κ2) is 6.25. The van der Waals surface area contributed by atoms with Crippen LogP contribution in [0.15, 0.2) is 18.2 Å². The molecule has 112 valence electrons. The lowest BCUT2D eigenvalue weighted by atomic mass is 10.0. The number of hydrogen-bond acceptors (Lipinski definition) is 3. The standard InChI is InChI=1S/C17H29N3/c1-12-6-13(2)8-16(7-12)17(18)11-20-9-14(3)19(5)15(4)10-20/h6-8,14-15,17H,9-11,18H2,1-5H3. The van der Waals surface area contributed by atoms with Crippen molar-refractivity contribution in [1.29, 1.82) is 0 Å². The van der Waals surface area contributed by atoms with Crippen LogP contribution in [-0.2, 0) is 0 Å². The maximum atomic E-state index is 6.43. The quantitative estimate of drug-likeness (QED) is 0.919. The molecule has 3 nitrogen and oxygen atoms in total. The van der Waals surface area contributed by atoms with Crippen molar-refractivity contribution in [1.82, 2.24) is 9.80 Å². The molecule has 1 aromatic carbocycles. The Morgan fingerprint density at radius 2 is 1.60 bits per heavy atom. The molecule has 0 aliphatic carbocycles. The molecule has 3 unspecified atom stereocenters. The second-order valence-electron chi connectivity index (χ2n) is 6.61. The van der Waals surface area contributed by atoms with Gasteiger partial charge in [-0.2, -0.15) is 0 Å². The van der Waals surface area contributed by atoms with Gasteiger partial charge in [-0.15, -0.1) is 0 Å². The monoisotopic (exact) mass is 275 g/mol. The summed E-state index contributed by atoms with van der Waals surface area (Å²) < 4.78 is 0. The van der Waals surface area contributed by atoms with Crippen LogP contribution >= 0.6 is 0 Å². The molecule has 0 amide bonds. The zero-order valence-corrected chi connectivity index (χ0v) is 13.6. The molecule has 3 atom stereocenters. The molecule has 1 saturated heterocycles. The number of likely N-dealkylation sites (N-methyl/N-ethyl adjacent to an activating group) is 1. The summed E-state index contributed by atoms with van der Waals surface area (Å²) in [5, 5.41) is 0. The molecule has 1 fully saturated rings. The summed E-state index contributed by atoms with van der Waals surface area (Å²) in [7, 11) is 2.22. The molecule has 1 aromatic rings. The zero-order valence-electron chi connectivity index (χ0n) is 13.6. The molecule has 1 aliphatic heterocycles. The van der Waals surface area contributed by atoms with E-state index in [2.05, 4.69) is 62.7 Å². The van der Waals surface area contributed by atoms with E-state index in [1.807, 2.05) is 0 Å². The predicted octanol–water partition coefficient (Wildman–Crippen LogP) is 2.33. The van der Waals surface area contributed by atoms with Crippen LogP contribution < -0.4 is 5.73 Å². The first kappa shape index (κ1) is 15.5. The third kappa shape index (κ3) is 3.60. The van der Waals surface area contributed by atoms with Crippen molar-refractivity contribution >= 4 is 0 Å². The second-order valence-corrected chi connectivity index (χ2v) is 6.61. The van der Waals surface area contributed by atoms with Crippen LogP contribution in [0.5, 0.6) is 0 Å². The minimum Gasteiger partial charge on any atom is -0.323 e. The average Bonchev–Trinajstić information content (AvgIpc) is 2.34. The van der Waals surface area contributed by atoms with Crippen LogP contribution in [0.2, 0.25) is 0 Å². The maximum absolute atomic E-state index is 6.43. The smallest absolute Gasteiger partial charge is 0.0424 e. The first-order chi connectivity index (χ1) is 9.36. The van der Waals surface area contributed by atoms with Gasteiger partial charge < -0.3 is 5.73 Å². The highest BCUT2D eigenvalue weighted by atomic mass is 15.3. The Hall–Kier alpha value is -0.900. The largest absolute Gasteiger partial charge is 0.323 e. The Morgan fingerprint density at radius 1 is 1.10 bits per heavy atom. The fraction of sp³-hybridized carbons (Fsp3) is 0.647. The predicted molar refractivity (Wildman–Crippen MR) is 86.0 cm³/mol. The van der Waals surface area contributed by atoms with E-state index in [4.69, 9.17) is 5.73 Å². The number of piperazine rings is 1. The number of benzene rings is 1. The summed E-state index contributed by atoms with van der Waals surface area (Å²) in [6.07, 6.45) is 0. The minimum absolute atomic E-state index is 0.108. The number of hydrogen-bond donors (Lipinski definition) is 1. The number of nitrogens with two attached hydrogens (primary N) is 1. The van der Waals surface area contributed by atoms with Gasteiger partial charge in [-0.05, 0) is 40.3 Å². The van der Waals surface area contributed by atoms with Crippen molar-refractivity contribution in [3.05, 3.63) is 34.9 Å². The molecule has 0 bridgehead atoms. The normalized spacial score (nSPS) is 26.7. The molecule has 1 aliphatic rings. The number of aryl methyl sites for hydroxylation is 2. The summed E-state index contributed by atoms with van der Waals surface area (Å²) in [5.41, 5.74) is 10.3. The van der Waals surface area contributed by atoms with Gasteiger partial charge in [0.1, 0.15) is 0 Å². The first-order valence-corrected chi connectivity index (χ1v) is 7.65. The van der Waals surface area contributed by atoms with E-state index < -0.39 is 0 Å². The fourth-order valence-corrected chi connectivity index (χ4v) is 3.27.